The van der Waals surface area contributed by atoms with Crippen molar-refractivity contribution in [2.24, 2.45) is 0 Å². The number of halogens is 1. The van der Waals surface area contributed by atoms with E-state index in [9.17, 15) is 4.39 Å². The van der Waals surface area contributed by atoms with Crippen LogP contribution >= 0.6 is 0 Å². The predicted molar refractivity (Wildman–Crippen MR) is 103 cm³/mol. The Morgan fingerprint density at radius 3 is 2.48 bits per heavy atom. The van der Waals surface area contributed by atoms with Gasteiger partial charge < -0.3 is 15.1 Å². The fraction of sp³-hybridized carbons (Fsp3) is 0.0476. The van der Waals surface area contributed by atoms with E-state index in [1.807, 2.05) is 42.5 Å². The second kappa shape index (κ2) is 7.70. The number of furan rings is 1. The van der Waals surface area contributed by atoms with Gasteiger partial charge >= 0.3 is 0 Å². The van der Waals surface area contributed by atoms with Crippen molar-refractivity contribution in [3.05, 3.63) is 90.6 Å². The molecule has 6 heteroatoms. The third-order valence-corrected chi connectivity index (χ3v) is 3.88. The van der Waals surface area contributed by atoms with Crippen molar-refractivity contribution >= 4 is 17.3 Å². The van der Waals surface area contributed by atoms with Crippen LogP contribution in [0, 0.1) is 5.82 Å². The third kappa shape index (κ3) is 4.30. The average molecular weight is 360 g/mol. The van der Waals surface area contributed by atoms with Gasteiger partial charge in [-0.05, 0) is 30.3 Å². The Kier molecular flexibility index (Phi) is 4.78. The quantitative estimate of drug-likeness (QED) is 0.493. The van der Waals surface area contributed by atoms with E-state index in [1.165, 1.54) is 12.1 Å². The van der Waals surface area contributed by atoms with Gasteiger partial charge in [0.05, 0.1) is 12.8 Å². The molecule has 2 aromatic heterocycles. The zero-order valence-corrected chi connectivity index (χ0v) is 14.4. The molecule has 0 atom stereocenters. The smallest absolute Gasteiger partial charge is 0.163 e. The minimum absolute atomic E-state index is 0.312. The first-order valence-electron chi connectivity index (χ1n) is 8.50. The number of aromatic nitrogens is 2. The summed E-state index contributed by atoms with van der Waals surface area (Å²) in [7, 11) is 0. The predicted octanol–water partition coefficient (Wildman–Crippen LogP) is 5.23. The summed E-state index contributed by atoms with van der Waals surface area (Å²) in [5.41, 5.74) is 1.51. The van der Waals surface area contributed by atoms with Gasteiger partial charge in [0.1, 0.15) is 23.2 Å². The van der Waals surface area contributed by atoms with Crippen LogP contribution < -0.4 is 10.6 Å². The Morgan fingerprint density at radius 2 is 1.70 bits per heavy atom. The van der Waals surface area contributed by atoms with Crippen LogP contribution in [-0.2, 0) is 6.54 Å². The summed E-state index contributed by atoms with van der Waals surface area (Å²) < 4.78 is 18.8. The molecule has 27 heavy (non-hydrogen) atoms. The zero-order valence-electron chi connectivity index (χ0n) is 14.4. The molecule has 4 rings (SSSR count). The monoisotopic (exact) mass is 360 g/mol. The summed E-state index contributed by atoms with van der Waals surface area (Å²) in [5, 5.41) is 6.37. The maximum atomic E-state index is 13.5. The fourth-order valence-corrected chi connectivity index (χ4v) is 2.62. The summed E-state index contributed by atoms with van der Waals surface area (Å²) in [4.78, 5) is 9.15. The molecule has 0 aliphatic carbocycles. The molecule has 0 saturated carbocycles. The Morgan fingerprint density at radius 1 is 0.852 bits per heavy atom. The summed E-state index contributed by atoms with van der Waals surface area (Å²) in [6.07, 6.45) is 1.63. The molecule has 0 bridgehead atoms. The number of rotatable bonds is 6. The first kappa shape index (κ1) is 16.8. The number of hydrogen-bond acceptors (Lipinski definition) is 5. The molecule has 134 valence electrons. The van der Waals surface area contributed by atoms with E-state index in [2.05, 4.69) is 20.6 Å². The van der Waals surface area contributed by atoms with Crippen LogP contribution in [0.1, 0.15) is 5.76 Å². The molecule has 2 N–H and O–H groups in total. The van der Waals surface area contributed by atoms with E-state index < -0.39 is 0 Å². The van der Waals surface area contributed by atoms with Crippen molar-refractivity contribution in [1.82, 2.24) is 9.97 Å². The van der Waals surface area contributed by atoms with Crippen molar-refractivity contribution < 1.29 is 8.81 Å². The topological polar surface area (TPSA) is 63.0 Å². The van der Waals surface area contributed by atoms with Crippen LogP contribution in [0.4, 0.5) is 21.7 Å². The van der Waals surface area contributed by atoms with Gasteiger partial charge in [-0.25, -0.2) is 14.4 Å². The molecule has 2 aromatic carbocycles. The van der Waals surface area contributed by atoms with E-state index in [1.54, 1.807) is 24.5 Å². The van der Waals surface area contributed by atoms with Crippen molar-refractivity contribution in [2.75, 3.05) is 10.6 Å². The van der Waals surface area contributed by atoms with Crippen LogP contribution in [0.2, 0.25) is 0 Å². The first-order chi connectivity index (χ1) is 13.3. The lowest BCUT2D eigenvalue weighted by atomic mass is 10.2. The summed E-state index contributed by atoms with van der Waals surface area (Å²) >= 11 is 0. The van der Waals surface area contributed by atoms with Crippen LogP contribution in [-0.4, -0.2) is 9.97 Å². The van der Waals surface area contributed by atoms with Crippen LogP contribution in [0.25, 0.3) is 11.4 Å². The zero-order chi connectivity index (χ0) is 18.5. The van der Waals surface area contributed by atoms with Crippen LogP contribution in [0.5, 0.6) is 0 Å². The lowest BCUT2D eigenvalue weighted by molar-refractivity contribution is 0.518. The second-order valence-corrected chi connectivity index (χ2v) is 5.90. The lowest BCUT2D eigenvalue weighted by Gasteiger charge is -2.11. The summed E-state index contributed by atoms with van der Waals surface area (Å²) in [6, 6.07) is 21.4. The lowest BCUT2D eigenvalue weighted by Crippen LogP contribution is -2.05. The van der Waals surface area contributed by atoms with Gasteiger partial charge in [-0.15, -0.1) is 0 Å². The molecule has 0 fully saturated rings. The minimum atomic E-state index is -0.312. The largest absolute Gasteiger partial charge is 0.467 e. The van der Waals surface area contributed by atoms with Gasteiger partial charge in [0.25, 0.3) is 0 Å². The SMILES string of the molecule is Fc1cccc(Nc2cc(NCc3ccco3)nc(-c3ccccc3)n2)c1. The van der Waals surface area contributed by atoms with Crippen molar-refractivity contribution in [3.8, 4) is 11.4 Å². The van der Waals surface area contributed by atoms with Crippen LogP contribution in [0.3, 0.4) is 0 Å². The molecule has 2 heterocycles. The second-order valence-electron chi connectivity index (χ2n) is 5.90. The number of anilines is 3. The molecule has 0 radical (unpaired) electrons. The first-order valence-corrected chi connectivity index (χ1v) is 8.50. The molecule has 5 nitrogen and oxygen atoms in total. The molecule has 0 saturated heterocycles. The van der Waals surface area contributed by atoms with Crippen molar-refractivity contribution in [2.45, 2.75) is 6.54 Å². The minimum Gasteiger partial charge on any atom is -0.467 e. The van der Waals surface area contributed by atoms with Crippen LogP contribution in [0.15, 0.2) is 83.5 Å². The van der Waals surface area contributed by atoms with Gasteiger partial charge in [0.15, 0.2) is 5.82 Å². The number of hydrogen-bond donors (Lipinski definition) is 2. The molecule has 4 aromatic rings. The molecular formula is C21H17FN4O. The molecule has 0 amide bonds. The molecule has 0 aliphatic rings. The molecule has 0 spiro atoms. The highest BCUT2D eigenvalue weighted by molar-refractivity contribution is 5.65. The highest BCUT2D eigenvalue weighted by atomic mass is 19.1. The van der Waals surface area contributed by atoms with Gasteiger partial charge in [-0.2, -0.15) is 0 Å². The fourth-order valence-electron chi connectivity index (χ4n) is 2.62. The standard InChI is InChI=1S/C21H17FN4O/c22-16-8-4-9-17(12-16)24-20-13-19(23-14-18-10-5-11-27-18)25-21(26-20)15-6-2-1-3-7-15/h1-13H,14H2,(H2,23,24,25,26). The Balaban J connectivity index is 1.65. The van der Waals surface area contributed by atoms with Gasteiger partial charge in [0, 0.05) is 17.3 Å². The van der Waals surface area contributed by atoms with Gasteiger partial charge in [-0.3, -0.25) is 0 Å². The van der Waals surface area contributed by atoms with Crippen molar-refractivity contribution in [1.29, 1.82) is 0 Å². The maximum absolute atomic E-state index is 13.5. The Bertz CT molecular complexity index is 1020. The van der Waals surface area contributed by atoms with Crippen molar-refractivity contribution in [3.63, 3.8) is 0 Å². The van der Waals surface area contributed by atoms with E-state index >= 15 is 0 Å². The average Bonchev–Trinajstić information content (AvgIpc) is 3.21. The molecule has 0 unspecified atom stereocenters. The Hall–Kier alpha value is -3.67. The van der Waals surface area contributed by atoms with Gasteiger partial charge in [-0.1, -0.05) is 36.4 Å². The third-order valence-electron chi connectivity index (χ3n) is 3.88. The highest BCUT2D eigenvalue weighted by Crippen LogP contribution is 2.23. The summed E-state index contributed by atoms with van der Waals surface area (Å²) in [6.45, 7) is 0.498. The molecular weight excluding hydrogens is 343 g/mol. The summed E-state index contributed by atoms with van der Waals surface area (Å²) in [5.74, 6) is 2.26. The number of nitrogens with one attached hydrogen (secondary N) is 2. The normalized spacial score (nSPS) is 10.6. The molecule has 0 aliphatic heterocycles. The maximum Gasteiger partial charge on any atom is 0.163 e. The van der Waals surface area contributed by atoms with E-state index in [0.717, 1.165) is 11.3 Å². The number of benzene rings is 2. The van der Waals surface area contributed by atoms with Gasteiger partial charge in [0.2, 0.25) is 0 Å². The Labute approximate surface area is 155 Å². The highest BCUT2D eigenvalue weighted by Gasteiger charge is 2.08. The number of nitrogens with zero attached hydrogens (tertiary/aromatic N) is 2. The van der Waals surface area contributed by atoms with E-state index in [4.69, 9.17) is 4.42 Å². The van der Waals surface area contributed by atoms with E-state index in [-0.39, 0.29) is 5.82 Å². The van der Waals surface area contributed by atoms with E-state index in [0.29, 0.717) is 29.7 Å².